The van der Waals surface area contributed by atoms with Crippen LogP contribution in [0.25, 0.3) is 0 Å². The highest BCUT2D eigenvalue weighted by Crippen LogP contribution is 2.39. The molecule has 9 heteroatoms. The fraction of sp³-hybridized carbons (Fsp3) is 0.421. The van der Waals surface area contributed by atoms with E-state index in [4.69, 9.17) is 4.74 Å². The average Bonchev–Trinajstić information content (AvgIpc) is 2.62. The molecule has 2 rings (SSSR count). The van der Waals surface area contributed by atoms with E-state index in [0.717, 1.165) is 25.3 Å². The van der Waals surface area contributed by atoms with Crippen LogP contribution in [0.15, 0.2) is 47.3 Å². The first-order valence-corrected chi connectivity index (χ1v) is 8.46. The number of carbonyl (C=O) groups is 3. The van der Waals surface area contributed by atoms with Crippen LogP contribution in [0.4, 0.5) is 8.78 Å². The number of alkyl halides is 2. The smallest absolute Gasteiger partial charge is 0.342 e. The van der Waals surface area contributed by atoms with Crippen LogP contribution in [0, 0.1) is 0 Å². The Morgan fingerprint density at radius 3 is 2.43 bits per heavy atom. The summed E-state index contributed by atoms with van der Waals surface area (Å²) < 4.78 is 39.1. The number of esters is 1. The summed E-state index contributed by atoms with van der Waals surface area (Å²) in [5, 5.41) is 19.7. The number of hydrogen-bond acceptors (Lipinski definition) is 7. The molecule has 2 aliphatic rings. The van der Waals surface area contributed by atoms with Crippen LogP contribution in [-0.2, 0) is 23.9 Å². The lowest BCUT2D eigenvalue weighted by Crippen LogP contribution is -2.34. The van der Waals surface area contributed by atoms with Gasteiger partial charge in [-0.2, -0.15) is 8.78 Å². The molecule has 152 valence electrons. The molecule has 28 heavy (non-hydrogen) atoms. The third-order valence-electron chi connectivity index (χ3n) is 4.23. The van der Waals surface area contributed by atoms with Crippen LogP contribution in [0.3, 0.4) is 0 Å². The summed E-state index contributed by atoms with van der Waals surface area (Å²) in [5.41, 5.74) is -1.80. The number of carbonyl (C=O) groups excluding carboxylic acids is 3. The summed E-state index contributed by atoms with van der Waals surface area (Å²) in [6.07, 6.45) is 0.192. The van der Waals surface area contributed by atoms with Gasteiger partial charge >= 0.3 is 11.9 Å². The van der Waals surface area contributed by atoms with E-state index in [2.05, 4.69) is 4.74 Å². The van der Waals surface area contributed by atoms with Crippen molar-refractivity contribution in [1.82, 2.24) is 0 Å². The second kappa shape index (κ2) is 8.57. The summed E-state index contributed by atoms with van der Waals surface area (Å²) in [6.45, 7) is 1.45. The second-order valence-corrected chi connectivity index (χ2v) is 6.35. The Morgan fingerprint density at radius 1 is 1.14 bits per heavy atom. The van der Waals surface area contributed by atoms with E-state index < -0.39 is 58.7 Å². The lowest BCUT2D eigenvalue weighted by molar-refractivity contribution is -0.144. The lowest BCUT2D eigenvalue weighted by Gasteiger charge is -2.26. The summed E-state index contributed by atoms with van der Waals surface area (Å²) in [7, 11) is 0.962. The zero-order valence-electron chi connectivity index (χ0n) is 15.2. The highest BCUT2D eigenvalue weighted by molar-refractivity contribution is 6.24. The Hall–Kier alpha value is -2.65. The third-order valence-corrected chi connectivity index (χ3v) is 4.23. The summed E-state index contributed by atoms with van der Waals surface area (Å²) in [6, 6.07) is 0. The van der Waals surface area contributed by atoms with Gasteiger partial charge in [-0.3, -0.25) is 9.59 Å². The molecule has 0 aromatic carbocycles. The van der Waals surface area contributed by atoms with Crippen molar-refractivity contribution in [1.29, 1.82) is 0 Å². The van der Waals surface area contributed by atoms with Gasteiger partial charge in [0.15, 0.2) is 17.3 Å². The van der Waals surface area contributed by atoms with Gasteiger partial charge in [0.2, 0.25) is 0 Å². The van der Waals surface area contributed by atoms with E-state index in [1.807, 2.05) is 0 Å². The van der Waals surface area contributed by atoms with Crippen LogP contribution in [-0.4, -0.2) is 59.1 Å². The van der Waals surface area contributed by atoms with Crippen LogP contribution in [0.5, 0.6) is 0 Å². The Bertz CT molecular complexity index is 792. The van der Waals surface area contributed by atoms with Gasteiger partial charge in [-0.05, 0) is 19.4 Å². The maximum atomic E-state index is 14.7. The third kappa shape index (κ3) is 4.42. The second-order valence-electron chi connectivity index (χ2n) is 6.35. The minimum Gasteiger partial charge on any atom is -0.494 e. The topological polar surface area (TPSA) is 110 Å². The van der Waals surface area contributed by atoms with Gasteiger partial charge in [-0.25, -0.2) is 4.79 Å². The fourth-order valence-corrected chi connectivity index (χ4v) is 2.70. The number of methoxy groups -OCH3 is 1. The highest BCUT2D eigenvalue weighted by Gasteiger charge is 2.47. The molecule has 1 aliphatic heterocycles. The first kappa shape index (κ1) is 21.6. The molecule has 0 spiro atoms. The van der Waals surface area contributed by atoms with Crippen molar-refractivity contribution in [3.05, 3.63) is 47.3 Å². The molecule has 0 amide bonds. The highest BCUT2D eigenvalue weighted by atomic mass is 19.3. The Kier molecular flexibility index (Phi) is 6.63. The standard InChI is InChI=1S/C19H20F2O7/c1-10-5-3-7-12(22)17(25)13(23)8-4-6-11-16(18(26)28-10)14(24)9-15(27-2)19(11,20)21/h3-4,6-7,9-10,13,17,23,25H,5,8H2,1-2H3/b6-4+,7-3+/t10-,13-,17+/m0/s1. The Morgan fingerprint density at radius 2 is 1.79 bits per heavy atom. The number of allylic oxidation sites excluding steroid dienone is 3. The molecule has 0 aromatic rings. The first-order valence-electron chi connectivity index (χ1n) is 8.46. The van der Waals surface area contributed by atoms with Crippen molar-refractivity contribution in [2.75, 3.05) is 7.11 Å². The van der Waals surface area contributed by atoms with Gasteiger partial charge < -0.3 is 19.7 Å². The monoisotopic (exact) mass is 398 g/mol. The minimum atomic E-state index is -3.80. The van der Waals surface area contributed by atoms with Crippen LogP contribution >= 0.6 is 0 Å². The van der Waals surface area contributed by atoms with Gasteiger partial charge in [0.1, 0.15) is 17.8 Å². The zero-order chi connectivity index (χ0) is 21.1. The summed E-state index contributed by atoms with van der Waals surface area (Å²) in [5.74, 6) is -7.76. The van der Waals surface area contributed by atoms with Crippen molar-refractivity contribution < 1.29 is 42.9 Å². The van der Waals surface area contributed by atoms with Crippen molar-refractivity contribution >= 4 is 17.5 Å². The first-order chi connectivity index (χ1) is 13.1. The van der Waals surface area contributed by atoms with Crippen molar-refractivity contribution in [2.24, 2.45) is 0 Å². The van der Waals surface area contributed by atoms with E-state index in [9.17, 15) is 33.4 Å². The van der Waals surface area contributed by atoms with E-state index in [1.165, 1.54) is 13.0 Å². The van der Waals surface area contributed by atoms with E-state index in [1.54, 1.807) is 0 Å². The fourth-order valence-electron chi connectivity index (χ4n) is 2.70. The number of ether oxygens (including phenoxy) is 2. The van der Waals surface area contributed by atoms with Crippen LogP contribution in [0.2, 0.25) is 0 Å². The molecule has 0 fully saturated rings. The average molecular weight is 398 g/mol. The van der Waals surface area contributed by atoms with Crippen molar-refractivity contribution in [3.63, 3.8) is 0 Å². The maximum Gasteiger partial charge on any atom is 0.342 e. The Balaban J connectivity index is 2.53. The molecule has 0 aromatic heterocycles. The number of hydrogen-bond donors (Lipinski definition) is 2. The van der Waals surface area contributed by atoms with Crippen LogP contribution in [0.1, 0.15) is 19.8 Å². The van der Waals surface area contributed by atoms with Gasteiger partial charge in [0, 0.05) is 18.1 Å². The van der Waals surface area contributed by atoms with Gasteiger partial charge in [-0.15, -0.1) is 0 Å². The number of cyclic esters (lactones) is 1. The SMILES string of the molecule is COC1=CC(=O)C2=C(/C=C/C[C@H](O)[C@H](O)C(=O)/C=C/C[C@H](C)OC2=O)C1(F)F. The number of rotatable bonds is 1. The van der Waals surface area contributed by atoms with E-state index >= 15 is 0 Å². The van der Waals surface area contributed by atoms with E-state index in [0.29, 0.717) is 6.08 Å². The zero-order valence-corrected chi connectivity index (χ0v) is 15.2. The molecule has 0 radical (unpaired) electrons. The molecule has 3 atom stereocenters. The summed E-state index contributed by atoms with van der Waals surface area (Å²) in [4.78, 5) is 36.5. The maximum absolute atomic E-state index is 14.7. The van der Waals surface area contributed by atoms with Crippen LogP contribution < -0.4 is 0 Å². The molecule has 0 saturated heterocycles. The largest absolute Gasteiger partial charge is 0.494 e. The molecular weight excluding hydrogens is 378 g/mol. The van der Waals surface area contributed by atoms with Gasteiger partial charge in [-0.1, -0.05) is 18.2 Å². The van der Waals surface area contributed by atoms with E-state index in [-0.39, 0.29) is 12.8 Å². The number of ketones is 2. The molecule has 1 heterocycles. The molecule has 0 bridgehead atoms. The van der Waals surface area contributed by atoms with Crippen molar-refractivity contribution in [3.8, 4) is 0 Å². The normalized spacial score (nSPS) is 31.3. The van der Waals surface area contributed by atoms with Crippen molar-refractivity contribution in [2.45, 2.75) is 44.0 Å². The number of aliphatic hydroxyl groups excluding tert-OH is 2. The quantitative estimate of drug-likeness (QED) is 0.504. The number of aliphatic hydroxyl groups is 2. The van der Waals surface area contributed by atoms with Gasteiger partial charge in [0.05, 0.1) is 13.2 Å². The molecule has 0 unspecified atom stereocenters. The predicted octanol–water partition coefficient (Wildman–Crippen LogP) is 1.16. The molecule has 1 aliphatic carbocycles. The van der Waals surface area contributed by atoms with Gasteiger partial charge in [0.25, 0.3) is 0 Å². The Labute approximate surface area is 159 Å². The molecule has 2 N–H and O–H groups in total. The molecule has 7 nitrogen and oxygen atoms in total. The number of halogens is 2. The lowest BCUT2D eigenvalue weighted by atomic mass is 9.90. The molecular formula is C19H20F2O7. The molecule has 0 saturated carbocycles. The summed E-state index contributed by atoms with van der Waals surface area (Å²) >= 11 is 0. The minimum absolute atomic E-state index is 0.0302. The predicted molar refractivity (Wildman–Crippen MR) is 92.2 cm³/mol.